The summed E-state index contributed by atoms with van der Waals surface area (Å²) in [7, 11) is -4.90. The third-order valence-corrected chi connectivity index (χ3v) is 11.3. The molecule has 1 aliphatic heterocycles. The smallest absolute Gasteiger partial charge is 0.270 e. The first-order valence-corrected chi connectivity index (χ1v) is 21.4. The van der Waals surface area contributed by atoms with Crippen molar-refractivity contribution in [3.8, 4) is 0 Å². The zero-order valence-corrected chi connectivity index (χ0v) is 34.3. The van der Waals surface area contributed by atoms with Gasteiger partial charge in [-0.1, -0.05) is 134 Å². The fraction of sp³-hybridized carbons (Fsp3) is 0.854. The highest BCUT2D eigenvalue weighted by Gasteiger charge is 2.45. The van der Waals surface area contributed by atoms with Crippen LogP contribution in [0.2, 0.25) is 0 Å². The predicted molar refractivity (Wildman–Crippen MR) is 206 cm³/mol. The monoisotopic (exact) mass is 744 g/mol. The van der Waals surface area contributed by atoms with E-state index in [0.717, 1.165) is 54.9 Å². The Bertz CT molecular complexity index is 1060. The molecule has 1 rings (SSSR count). The average molecular weight is 744 g/mol. The molecule has 1 aliphatic rings. The largest absolute Gasteiger partial charge is 0.756 e. The highest BCUT2D eigenvalue weighted by Crippen LogP contribution is 2.42. The van der Waals surface area contributed by atoms with Crippen LogP contribution in [-0.4, -0.2) is 64.3 Å². The Balaban J connectivity index is 2.20. The van der Waals surface area contributed by atoms with Gasteiger partial charge in [-0.15, -0.1) is 0 Å². The van der Waals surface area contributed by atoms with Crippen LogP contribution in [0.5, 0.6) is 0 Å². The quantitative estimate of drug-likeness (QED) is 0.0455. The van der Waals surface area contributed by atoms with Gasteiger partial charge in [0.05, 0.1) is 13.2 Å². The zero-order chi connectivity index (χ0) is 38.4. The van der Waals surface area contributed by atoms with E-state index in [1.165, 1.54) is 88.2 Å². The van der Waals surface area contributed by atoms with Gasteiger partial charge in [0.25, 0.3) is 7.82 Å². The molecule has 0 amide bonds. The minimum Gasteiger partial charge on any atom is -0.756 e. The molecular weight excluding hydrogens is 667 g/mol. The van der Waals surface area contributed by atoms with Crippen molar-refractivity contribution in [2.45, 2.75) is 189 Å². The van der Waals surface area contributed by atoms with E-state index in [1.54, 1.807) is 6.08 Å². The average Bonchev–Trinajstić information content (AvgIpc) is 3.04. The molecule has 1 fully saturated rings. The van der Waals surface area contributed by atoms with Crippen LogP contribution in [-0.2, 0) is 18.3 Å². The molecule has 9 nitrogen and oxygen atoms in total. The summed E-state index contributed by atoms with van der Waals surface area (Å²) in [6, 6.07) is 0. The molecule has 0 aromatic rings. The van der Waals surface area contributed by atoms with Crippen molar-refractivity contribution in [2.75, 3.05) is 13.2 Å². The molecule has 4 unspecified atom stereocenters. The number of hydrogen-bond donors (Lipinski definition) is 4. The van der Waals surface area contributed by atoms with Crippen LogP contribution in [0.15, 0.2) is 34.9 Å². The number of hydrogen-bond acceptors (Lipinski definition) is 9. The molecule has 9 atom stereocenters. The Morgan fingerprint density at radius 2 is 1.14 bits per heavy atom. The molecule has 10 heteroatoms. The van der Waals surface area contributed by atoms with Crippen molar-refractivity contribution in [3.05, 3.63) is 34.9 Å². The Morgan fingerprint density at radius 3 is 1.63 bits per heavy atom. The molecule has 0 aromatic carbocycles. The highest BCUT2D eigenvalue weighted by molar-refractivity contribution is 7.45. The van der Waals surface area contributed by atoms with Crippen molar-refractivity contribution in [3.63, 3.8) is 0 Å². The summed E-state index contributed by atoms with van der Waals surface area (Å²) in [4.78, 5) is 12.2. The normalized spacial score (nSPS) is 25.2. The molecule has 1 heterocycles. The predicted octanol–water partition coefficient (Wildman–Crippen LogP) is 8.93. The van der Waals surface area contributed by atoms with E-state index in [2.05, 4.69) is 60.6 Å². The van der Waals surface area contributed by atoms with Gasteiger partial charge in [-0.2, -0.15) is 0 Å². The van der Waals surface area contributed by atoms with Gasteiger partial charge in [0.1, 0.15) is 24.4 Å². The maximum atomic E-state index is 12.2. The molecule has 0 spiro atoms. The molecule has 0 aromatic heterocycles. The molecule has 4 N–H and O–H groups in total. The molecule has 0 radical (unpaired) electrons. The molecule has 0 aliphatic carbocycles. The van der Waals surface area contributed by atoms with Crippen LogP contribution in [0.3, 0.4) is 0 Å². The summed E-state index contributed by atoms with van der Waals surface area (Å²) < 4.78 is 26.9. The number of aliphatic hydroxyl groups excluding tert-OH is 4. The second-order valence-corrected chi connectivity index (χ2v) is 17.5. The minimum atomic E-state index is -4.90. The van der Waals surface area contributed by atoms with Gasteiger partial charge in [0.2, 0.25) is 0 Å². The van der Waals surface area contributed by atoms with E-state index >= 15 is 0 Å². The third kappa shape index (κ3) is 22.8. The number of phosphoric acid groups is 1. The molecule has 0 saturated carbocycles. The van der Waals surface area contributed by atoms with Gasteiger partial charge in [-0.3, -0.25) is 9.09 Å². The van der Waals surface area contributed by atoms with Crippen LogP contribution >= 0.6 is 7.82 Å². The van der Waals surface area contributed by atoms with E-state index in [0.29, 0.717) is 0 Å². The number of phosphoric ester groups is 1. The second kappa shape index (κ2) is 26.8. The summed E-state index contributed by atoms with van der Waals surface area (Å²) >= 11 is 0. The zero-order valence-electron chi connectivity index (χ0n) is 33.4. The van der Waals surface area contributed by atoms with Crippen LogP contribution < -0.4 is 4.89 Å². The molecular formula is C41H76O9P-. The van der Waals surface area contributed by atoms with E-state index in [4.69, 9.17) is 13.8 Å². The lowest BCUT2D eigenvalue weighted by molar-refractivity contribution is -0.304. The Kier molecular flexibility index (Phi) is 25.3. The van der Waals surface area contributed by atoms with Crippen molar-refractivity contribution < 1.29 is 43.7 Å². The summed E-state index contributed by atoms with van der Waals surface area (Å²) in [6.07, 6.45) is 17.8. The van der Waals surface area contributed by atoms with Gasteiger partial charge in [-0.05, 0) is 83.0 Å². The molecule has 0 bridgehead atoms. The second-order valence-electron chi connectivity index (χ2n) is 16.2. The lowest BCUT2D eigenvalue weighted by Gasteiger charge is -2.41. The lowest BCUT2D eigenvalue weighted by atomic mass is 9.90. The molecule has 51 heavy (non-hydrogen) atoms. The Hall–Kier alpha value is -0.870. The number of aliphatic hydroxyl groups is 4. The van der Waals surface area contributed by atoms with E-state index < -0.39 is 45.1 Å². The van der Waals surface area contributed by atoms with Crippen molar-refractivity contribution in [2.24, 2.45) is 23.7 Å². The molecule has 1 saturated heterocycles. The SMILES string of the molecule is C/C(=C/COP(=O)([O-])O[C@@H]1O[C@H](CO)[C@@H](O)[C@H](O)[C@@H]1O)CC/C=C(\C)CC/C=C(\C)CCCC(C)CCCC(C)CCCC(C)CCCC(C)C. The van der Waals surface area contributed by atoms with Gasteiger partial charge < -0.3 is 34.6 Å². The van der Waals surface area contributed by atoms with Gasteiger partial charge in [0.15, 0.2) is 6.29 Å². The summed E-state index contributed by atoms with van der Waals surface area (Å²) in [5, 5.41) is 38.9. The van der Waals surface area contributed by atoms with Crippen LogP contribution in [0.1, 0.15) is 158 Å². The van der Waals surface area contributed by atoms with Crippen LogP contribution in [0, 0.1) is 23.7 Å². The Morgan fingerprint density at radius 1 is 0.686 bits per heavy atom. The first kappa shape index (κ1) is 48.1. The molecule has 300 valence electrons. The minimum absolute atomic E-state index is 0.257. The first-order chi connectivity index (χ1) is 24.0. The van der Waals surface area contributed by atoms with Gasteiger partial charge in [0, 0.05) is 0 Å². The fourth-order valence-electron chi connectivity index (χ4n) is 6.65. The van der Waals surface area contributed by atoms with Crippen molar-refractivity contribution in [1.82, 2.24) is 0 Å². The standard InChI is InChI=1S/C41H77O9P/c1-30(2)15-9-16-31(3)17-10-18-32(4)19-11-20-33(5)21-12-22-34(6)23-13-24-35(7)25-14-26-36(8)27-28-48-51(46,47)50-41-40(45)39(44)38(43)37(29-42)49-41/h23,25,27,30-33,37-45H,9-22,24,26,28-29H2,1-8H3,(H,46,47)/p-1/b34-23+,35-25+,36-27-/t31?,32?,33?,37-,38-,39+,40+,41+/m1/s1. The number of rotatable bonds is 28. The van der Waals surface area contributed by atoms with E-state index in [9.17, 15) is 29.9 Å². The van der Waals surface area contributed by atoms with E-state index in [-0.39, 0.29) is 6.61 Å². The van der Waals surface area contributed by atoms with Crippen molar-refractivity contribution in [1.29, 1.82) is 0 Å². The van der Waals surface area contributed by atoms with Gasteiger partial charge >= 0.3 is 0 Å². The summed E-state index contributed by atoms with van der Waals surface area (Å²) in [5.74, 6) is 3.37. The third-order valence-electron chi connectivity index (χ3n) is 10.3. The van der Waals surface area contributed by atoms with Crippen LogP contribution in [0.4, 0.5) is 0 Å². The first-order valence-electron chi connectivity index (χ1n) is 20.0. The summed E-state index contributed by atoms with van der Waals surface area (Å²) in [6.45, 7) is 17.3. The number of allylic oxidation sites excluding steroid dienone is 5. The van der Waals surface area contributed by atoms with E-state index in [1.807, 2.05) is 6.92 Å². The fourth-order valence-corrected chi connectivity index (χ4v) is 7.39. The maximum Gasteiger partial charge on any atom is 0.270 e. The lowest BCUT2D eigenvalue weighted by Crippen LogP contribution is -2.59. The highest BCUT2D eigenvalue weighted by atomic mass is 31.2. The number of ether oxygens (including phenoxy) is 1. The maximum absolute atomic E-state index is 12.2. The van der Waals surface area contributed by atoms with Crippen LogP contribution in [0.25, 0.3) is 0 Å². The summed E-state index contributed by atoms with van der Waals surface area (Å²) in [5.41, 5.74) is 3.77. The van der Waals surface area contributed by atoms with Crippen molar-refractivity contribution >= 4 is 7.82 Å². The Labute approximate surface area is 311 Å². The van der Waals surface area contributed by atoms with Gasteiger partial charge in [-0.25, -0.2) is 0 Å². The topological polar surface area (TPSA) is 149 Å².